The van der Waals surface area contributed by atoms with Gasteiger partial charge in [0.05, 0.1) is 41.2 Å². The van der Waals surface area contributed by atoms with Crippen LogP contribution >= 0.6 is 11.6 Å². The van der Waals surface area contributed by atoms with Crippen molar-refractivity contribution in [1.29, 1.82) is 5.26 Å². The number of methoxy groups -OCH3 is 2. The molecule has 10 nitrogen and oxygen atoms in total. The van der Waals surface area contributed by atoms with Crippen molar-refractivity contribution < 1.29 is 23.8 Å². The predicted molar refractivity (Wildman–Crippen MR) is 134 cm³/mol. The molecule has 0 atom stereocenters. The fourth-order valence-electron chi connectivity index (χ4n) is 4.84. The summed E-state index contributed by atoms with van der Waals surface area (Å²) in [6, 6.07) is 3.58. The van der Waals surface area contributed by atoms with Gasteiger partial charge in [0.1, 0.15) is 11.8 Å². The molecule has 0 aliphatic carbocycles. The van der Waals surface area contributed by atoms with Crippen molar-refractivity contribution in [2.45, 2.75) is 31.7 Å². The molecule has 2 aliphatic heterocycles. The quantitative estimate of drug-likeness (QED) is 0.405. The molecule has 3 N–H and O–H groups in total. The van der Waals surface area contributed by atoms with Crippen LogP contribution in [-0.2, 0) is 15.9 Å². The van der Waals surface area contributed by atoms with Crippen molar-refractivity contribution in [1.82, 2.24) is 14.8 Å². The molecule has 0 unspecified atom stereocenters. The number of halogens is 1. The van der Waals surface area contributed by atoms with Gasteiger partial charge in [-0.3, -0.25) is 4.79 Å². The first-order chi connectivity index (χ1) is 17.4. The molecule has 4 rings (SSSR count). The second-order valence-electron chi connectivity index (χ2n) is 8.87. The highest BCUT2D eigenvalue weighted by Crippen LogP contribution is 2.41. The van der Waals surface area contributed by atoms with Crippen molar-refractivity contribution in [3.05, 3.63) is 39.7 Å². The number of benzene rings is 1. The van der Waals surface area contributed by atoms with Crippen molar-refractivity contribution >= 4 is 29.2 Å². The summed E-state index contributed by atoms with van der Waals surface area (Å²) < 4.78 is 17.3. The lowest BCUT2D eigenvalue weighted by Gasteiger charge is -2.32. The molecule has 0 radical (unpaired) electrons. The summed E-state index contributed by atoms with van der Waals surface area (Å²) in [5, 5.41) is 12.8. The monoisotopic (exact) mass is 515 g/mol. The Morgan fingerprint density at radius 2 is 2.08 bits per heavy atom. The SMILES string of the molecule is COCCCN1CCC(NC(=O)c2cc(Cl)c(-n3cc(C#N)c(N)c3C(=O)OC)c3c2OCC3)CC1. The molecule has 1 aromatic carbocycles. The Kier molecular flexibility index (Phi) is 8.04. The van der Waals surface area contributed by atoms with E-state index in [-0.39, 0.29) is 33.9 Å². The second-order valence-corrected chi connectivity index (χ2v) is 9.28. The van der Waals surface area contributed by atoms with Crippen molar-refractivity contribution in [3.8, 4) is 17.5 Å². The van der Waals surface area contributed by atoms with Crippen LogP contribution in [0.2, 0.25) is 5.02 Å². The van der Waals surface area contributed by atoms with Gasteiger partial charge in [-0.15, -0.1) is 0 Å². The number of nitrogens with two attached hydrogens (primary N) is 1. The number of nitrogen functional groups attached to an aromatic ring is 1. The number of ether oxygens (including phenoxy) is 3. The second kappa shape index (κ2) is 11.2. The summed E-state index contributed by atoms with van der Waals surface area (Å²) >= 11 is 6.69. The number of fused-ring (bicyclic) bond motifs is 1. The van der Waals surface area contributed by atoms with Crippen LogP contribution in [0.1, 0.15) is 51.2 Å². The first kappa shape index (κ1) is 25.8. The Morgan fingerprint density at radius 3 is 2.75 bits per heavy atom. The number of anilines is 1. The Morgan fingerprint density at radius 1 is 1.33 bits per heavy atom. The number of piperidine rings is 1. The van der Waals surface area contributed by atoms with Crippen molar-refractivity contribution in [3.63, 3.8) is 0 Å². The maximum atomic E-state index is 13.3. The Balaban J connectivity index is 1.59. The van der Waals surface area contributed by atoms with E-state index < -0.39 is 5.97 Å². The Bertz CT molecular complexity index is 1200. The van der Waals surface area contributed by atoms with Crippen LogP contribution in [0.5, 0.6) is 5.75 Å². The predicted octanol–water partition coefficient (Wildman–Crippen LogP) is 2.54. The third-order valence-electron chi connectivity index (χ3n) is 6.68. The smallest absolute Gasteiger partial charge is 0.357 e. The maximum absolute atomic E-state index is 13.3. The summed E-state index contributed by atoms with van der Waals surface area (Å²) in [5.74, 6) is -0.532. The lowest BCUT2D eigenvalue weighted by atomic mass is 10.0. The topological polar surface area (TPSA) is 132 Å². The Hall–Kier alpha value is -3.26. The molecule has 2 aliphatic rings. The number of hydrogen-bond acceptors (Lipinski definition) is 8. The van der Waals surface area contributed by atoms with Gasteiger partial charge in [0.15, 0.2) is 5.69 Å². The number of rotatable bonds is 8. The van der Waals surface area contributed by atoms with Crippen LogP contribution < -0.4 is 15.8 Å². The van der Waals surface area contributed by atoms with E-state index in [1.807, 2.05) is 6.07 Å². The van der Waals surface area contributed by atoms with E-state index >= 15 is 0 Å². The number of carbonyl (C=O) groups is 2. The van der Waals surface area contributed by atoms with Crippen LogP contribution in [0, 0.1) is 11.3 Å². The van der Waals surface area contributed by atoms with E-state index in [9.17, 15) is 14.9 Å². The first-order valence-electron chi connectivity index (χ1n) is 11.9. The largest absolute Gasteiger partial charge is 0.492 e. The molecular formula is C25H30ClN5O5. The van der Waals surface area contributed by atoms with Crippen molar-refractivity contribution in [2.24, 2.45) is 0 Å². The van der Waals surface area contributed by atoms with Crippen LogP contribution in [0.4, 0.5) is 5.69 Å². The van der Waals surface area contributed by atoms with Gasteiger partial charge in [0.2, 0.25) is 0 Å². The van der Waals surface area contributed by atoms with Gasteiger partial charge in [0, 0.05) is 57.6 Å². The average Bonchev–Trinajstić information content (AvgIpc) is 3.48. The molecule has 0 bridgehead atoms. The summed E-state index contributed by atoms with van der Waals surface area (Å²) in [7, 11) is 2.94. The maximum Gasteiger partial charge on any atom is 0.357 e. The average molecular weight is 516 g/mol. The van der Waals surface area contributed by atoms with Gasteiger partial charge in [-0.05, 0) is 25.3 Å². The number of nitriles is 1. The number of nitrogens with one attached hydrogen (secondary N) is 1. The van der Waals surface area contributed by atoms with Gasteiger partial charge in [-0.1, -0.05) is 11.6 Å². The summed E-state index contributed by atoms with van der Waals surface area (Å²) in [4.78, 5) is 28.1. The van der Waals surface area contributed by atoms with E-state index in [1.165, 1.54) is 17.9 Å². The molecule has 3 heterocycles. The number of nitrogens with zero attached hydrogens (tertiary/aromatic N) is 3. The molecule has 0 spiro atoms. The molecule has 1 amide bonds. The molecule has 1 fully saturated rings. The summed E-state index contributed by atoms with van der Waals surface area (Å²) in [6.07, 6.45) is 4.63. The molecule has 1 saturated heterocycles. The van der Waals surface area contributed by atoms with E-state index in [4.69, 9.17) is 31.5 Å². The van der Waals surface area contributed by atoms with E-state index in [0.717, 1.165) is 45.5 Å². The fraction of sp³-hybridized carbons (Fsp3) is 0.480. The molecular weight excluding hydrogens is 486 g/mol. The minimum atomic E-state index is -0.701. The lowest BCUT2D eigenvalue weighted by Crippen LogP contribution is -2.45. The summed E-state index contributed by atoms with van der Waals surface area (Å²) in [5.41, 5.74) is 7.64. The van der Waals surface area contributed by atoms with Crippen LogP contribution in [0.25, 0.3) is 5.69 Å². The standard InChI is InChI=1S/C25H30ClN5O5/c1-34-10-3-7-30-8-4-16(5-9-30)29-24(32)18-12-19(26)21(17-6-11-36-23(17)18)31-14-15(13-27)20(28)22(31)25(33)35-2/h12,14,16H,3-11,28H2,1-2H3,(H,29,32). The van der Waals surface area contributed by atoms with Crippen LogP contribution in [0.3, 0.4) is 0 Å². The molecule has 2 aromatic rings. The highest BCUT2D eigenvalue weighted by atomic mass is 35.5. The molecule has 192 valence electrons. The normalized spacial score (nSPS) is 15.7. The third kappa shape index (κ3) is 5.00. The molecule has 11 heteroatoms. The fourth-order valence-corrected chi connectivity index (χ4v) is 5.16. The van der Waals surface area contributed by atoms with Crippen molar-refractivity contribution in [2.75, 3.05) is 52.8 Å². The van der Waals surface area contributed by atoms with Gasteiger partial charge in [-0.2, -0.15) is 5.26 Å². The zero-order chi connectivity index (χ0) is 25.8. The highest BCUT2D eigenvalue weighted by Gasteiger charge is 2.31. The molecule has 36 heavy (non-hydrogen) atoms. The van der Waals surface area contributed by atoms with Crippen LogP contribution in [-0.4, -0.2) is 74.5 Å². The van der Waals surface area contributed by atoms with E-state index in [1.54, 1.807) is 13.2 Å². The zero-order valence-electron chi connectivity index (χ0n) is 20.4. The third-order valence-corrected chi connectivity index (χ3v) is 6.96. The molecule has 0 saturated carbocycles. The van der Waals surface area contributed by atoms with Gasteiger partial charge < -0.3 is 34.7 Å². The number of amides is 1. The number of aromatic nitrogens is 1. The van der Waals surface area contributed by atoms with Gasteiger partial charge in [-0.25, -0.2) is 4.79 Å². The number of esters is 1. The zero-order valence-corrected chi connectivity index (χ0v) is 21.2. The minimum absolute atomic E-state index is 0.000453. The number of likely N-dealkylation sites (tertiary alicyclic amines) is 1. The minimum Gasteiger partial charge on any atom is -0.492 e. The lowest BCUT2D eigenvalue weighted by molar-refractivity contribution is 0.0592. The summed E-state index contributed by atoms with van der Waals surface area (Å²) in [6.45, 7) is 3.91. The van der Waals surface area contributed by atoms with E-state index in [2.05, 4.69) is 10.2 Å². The number of hydrogen-bond donors (Lipinski definition) is 2. The van der Waals surface area contributed by atoms with Gasteiger partial charge >= 0.3 is 5.97 Å². The van der Waals surface area contributed by atoms with Gasteiger partial charge in [0.25, 0.3) is 5.91 Å². The van der Waals surface area contributed by atoms with Crippen LogP contribution in [0.15, 0.2) is 12.3 Å². The number of carbonyl (C=O) groups excluding carboxylic acids is 2. The highest BCUT2D eigenvalue weighted by molar-refractivity contribution is 6.33. The molecule has 1 aromatic heterocycles. The van der Waals surface area contributed by atoms with E-state index in [0.29, 0.717) is 35.6 Å². The Labute approximate surface area is 214 Å². The first-order valence-corrected chi connectivity index (χ1v) is 12.3.